The molecule has 0 spiro atoms. The quantitative estimate of drug-likeness (QED) is 0.458. The Kier molecular flexibility index (Phi) is 5.59. The molecule has 0 aromatic heterocycles. The van der Waals surface area contributed by atoms with Crippen LogP contribution in [0.3, 0.4) is 0 Å². The van der Waals surface area contributed by atoms with Gasteiger partial charge in [-0.2, -0.15) is 0 Å². The summed E-state index contributed by atoms with van der Waals surface area (Å²) in [4.78, 5) is 16.8. The predicted octanol–water partition coefficient (Wildman–Crippen LogP) is 5.42. The molecule has 130 valence electrons. The van der Waals surface area contributed by atoms with E-state index < -0.39 is 0 Å². The Hall–Kier alpha value is -3.20. The molecule has 0 bridgehead atoms. The van der Waals surface area contributed by atoms with Crippen molar-refractivity contribution in [1.82, 2.24) is 0 Å². The number of aliphatic imine (C=N–C) groups is 1. The first-order valence-electron chi connectivity index (χ1n) is 8.64. The first kappa shape index (κ1) is 17.6. The second-order valence-electron chi connectivity index (χ2n) is 6.19. The first-order chi connectivity index (χ1) is 12.6. The molecular formula is C23H21NO2. The molecule has 3 aromatic rings. The van der Waals surface area contributed by atoms with Crippen molar-refractivity contribution in [2.24, 2.45) is 4.99 Å². The van der Waals surface area contributed by atoms with Gasteiger partial charge < -0.3 is 4.74 Å². The molecule has 3 rings (SSSR count). The normalized spacial score (nSPS) is 10.4. The average Bonchev–Trinajstić information content (AvgIpc) is 2.67. The molecule has 3 aromatic carbocycles. The zero-order valence-electron chi connectivity index (χ0n) is 14.9. The molecule has 0 aliphatic heterocycles. The van der Waals surface area contributed by atoms with E-state index in [1.165, 1.54) is 0 Å². The molecule has 26 heavy (non-hydrogen) atoms. The van der Waals surface area contributed by atoms with Crippen LogP contribution in [0.1, 0.15) is 35.3 Å². The standard InChI is InChI=1S/C23H21NO2/c1-17(2)26-23(25)20-13-15-21(16-14-20)24-22(18-9-5-3-6-10-18)19-11-7-4-8-12-19/h3-17H,1-2H3. The van der Waals surface area contributed by atoms with Gasteiger partial charge >= 0.3 is 5.97 Å². The summed E-state index contributed by atoms with van der Waals surface area (Å²) in [5.74, 6) is -0.318. The SMILES string of the molecule is CC(C)OC(=O)c1ccc(N=C(c2ccccc2)c2ccccc2)cc1. The molecule has 0 aliphatic carbocycles. The molecule has 0 amide bonds. The molecule has 0 atom stereocenters. The van der Waals surface area contributed by atoms with Gasteiger partial charge in [-0.25, -0.2) is 9.79 Å². The minimum atomic E-state index is -0.318. The zero-order chi connectivity index (χ0) is 18.4. The van der Waals surface area contributed by atoms with Crippen LogP contribution in [0.5, 0.6) is 0 Å². The summed E-state index contributed by atoms with van der Waals surface area (Å²) in [6.07, 6.45) is -0.136. The van der Waals surface area contributed by atoms with E-state index in [0.717, 1.165) is 22.5 Å². The van der Waals surface area contributed by atoms with Crippen LogP contribution < -0.4 is 0 Å². The van der Waals surface area contributed by atoms with Gasteiger partial charge in [-0.15, -0.1) is 0 Å². The molecule has 0 aliphatic rings. The average molecular weight is 343 g/mol. The highest BCUT2D eigenvalue weighted by Gasteiger charge is 2.10. The molecule has 0 heterocycles. The maximum absolute atomic E-state index is 12.0. The maximum Gasteiger partial charge on any atom is 0.338 e. The lowest BCUT2D eigenvalue weighted by Gasteiger charge is -2.09. The number of hydrogen-bond donors (Lipinski definition) is 0. The molecule has 3 nitrogen and oxygen atoms in total. The van der Waals surface area contributed by atoms with Crippen molar-refractivity contribution in [3.05, 3.63) is 102 Å². The highest BCUT2D eigenvalue weighted by Crippen LogP contribution is 2.19. The fourth-order valence-electron chi connectivity index (χ4n) is 2.57. The van der Waals surface area contributed by atoms with Crippen molar-refractivity contribution in [2.75, 3.05) is 0 Å². The van der Waals surface area contributed by atoms with Crippen LogP contribution in [-0.4, -0.2) is 17.8 Å². The van der Waals surface area contributed by atoms with Crippen LogP contribution >= 0.6 is 0 Å². The Balaban J connectivity index is 1.95. The molecule has 0 fully saturated rings. The third kappa shape index (κ3) is 4.45. The number of carbonyl (C=O) groups is 1. The summed E-state index contributed by atoms with van der Waals surface area (Å²) in [6.45, 7) is 3.67. The number of rotatable bonds is 5. The number of benzene rings is 3. The maximum atomic E-state index is 12.0. The minimum absolute atomic E-state index is 0.136. The lowest BCUT2D eigenvalue weighted by Crippen LogP contribution is -2.11. The third-order valence-corrected chi connectivity index (χ3v) is 3.78. The van der Waals surface area contributed by atoms with E-state index in [4.69, 9.17) is 9.73 Å². The van der Waals surface area contributed by atoms with Crippen LogP contribution in [0, 0.1) is 0 Å². The molecule has 0 unspecified atom stereocenters. The minimum Gasteiger partial charge on any atom is -0.459 e. The Morgan fingerprint density at radius 3 is 1.69 bits per heavy atom. The van der Waals surface area contributed by atoms with Crippen LogP contribution in [-0.2, 0) is 4.74 Å². The molecule has 0 saturated carbocycles. The fraction of sp³-hybridized carbons (Fsp3) is 0.130. The van der Waals surface area contributed by atoms with Gasteiger partial charge in [-0.1, -0.05) is 60.7 Å². The molecule has 0 saturated heterocycles. The smallest absolute Gasteiger partial charge is 0.338 e. The summed E-state index contributed by atoms with van der Waals surface area (Å²) in [6, 6.07) is 27.3. The number of nitrogens with zero attached hydrogens (tertiary/aromatic N) is 1. The first-order valence-corrected chi connectivity index (χ1v) is 8.64. The molecule has 3 heteroatoms. The Labute approximate surface area is 154 Å². The van der Waals surface area contributed by atoms with Crippen molar-refractivity contribution in [3.8, 4) is 0 Å². The Morgan fingerprint density at radius 2 is 1.23 bits per heavy atom. The van der Waals surface area contributed by atoms with Gasteiger partial charge in [-0.3, -0.25) is 0 Å². The lowest BCUT2D eigenvalue weighted by molar-refractivity contribution is 0.0378. The number of ether oxygens (including phenoxy) is 1. The summed E-state index contributed by atoms with van der Waals surface area (Å²) >= 11 is 0. The van der Waals surface area contributed by atoms with Crippen molar-refractivity contribution in [1.29, 1.82) is 0 Å². The molecular weight excluding hydrogens is 322 g/mol. The summed E-state index contributed by atoms with van der Waals surface area (Å²) in [5.41, 5.74) is 4.29. The van der Waals surface area contributed by atoms with Gasteiger partial charge in [0.25, 0.3) is 0 Å². The van der Waals surface area contributed by atoms with Crippen LogP contribution in [0.4, 0.5) is 5.69 Å². The monoisotopic (exact) mass is 343 g/mol. The van der Waals surface area contributed by atoms with Crippen molar-refractivity contribution < 1.29 is 9.53 Å². The van der Waals surface area contributed by atoms with Gasteiger partial charge in [-0.05, 0) is 38.1 Å². The van der Waals surface area contributed by atoms with Gasteiger partial charge in [0.2, 0.25) is 0 Å². The fourth-order valence-corrected chi connectivity index (χ4v) is 2.57. The summed E-state index contributed by atoms with van der Waals surface area (Å²) < 4.78 is 5.22. The second kappa shape index (κ2) is 8.26. The van der Waals surface area contributed by atoms with E-state index in [2.05, 4.69) is 0 Å². The van der Waals surface area contributed by atoms with Crippen LogP contribution in [0.15, 0.2) is 89.9 Å². The van der Waals surface area contributed by atoms with Crippen LogP contribution in [0.25, 0.3) is 0 Å². The van der Waals surface area contributed by atoms with E-state index in [0.29, 0.717) is 5.56 Å². The number of carbonyl (C=O) groups excluding carboxylic acids is 1. The number of hydrogen-bond acceptors (Lipinski definition) is 3. The van der Waals surface area contributed by atoms with Gasteiger partial charge in [0.1, 0.15) is 0 Å². The highest BCUT2D eigenvalue weighted by molar-refractivity contribution is 6.13. The number of esters is 1. The predicted molar refractivity (Wildman–Crippen MR) is 105 cm³/mol. The molecule has 0 radical (unpaired) electrons. The third-order valence-electron chi connectivity index (χ3n) is 3.78. The van der Waals surface area contributed by atoms with Gasteiger partial charge in [0, 0.05) is 11.1 Å². The summed E-state index contributed by atoms with van der Waals surface area (Å²) in [7, 11) is 0. The lowest BCUT2D eigenvalue weighted by atomic mass is 10.0. The van der Waals surface area contributed by atoms with Crippen molar-refractivity contribution >= 4 is 17.4 Å². The van der Waals surface area contributed by atoms with Gasteiger partial charge in [0.15, 0.2) is 0 Å². The van der Waals surface area contributed by atoms with Crippen LogP contribution in [0.2, 0.25) is 0 Å². The summed E-state index contributed by atoms with van der Waals surface area (Å²) in [5, 5.41) is 0. The van der Waals surface area contributed by atoms with E-state index >= 15 is 0 Å². The zero-order valence-corrected chi connectivity index (χ0v) is 14.9. The highest BCUT2D eigenvalue weighted by atomic mass is 16.5. The van der Waals surface area contributed by atoms with E-state index in [1.54, 1.807) is 12.1 Å². The topological polar surface area (TPSA) is 38.7 Å². The van der Waals surface area contributed by atoms with Crippen molar-refractivity contribution in [2.45, 2.75) is 20.0 Å². The van der Waals surface area contributed by atoms with E-state index in [1.807, 2.05) is 86.6 Å². The molecule has 0 N–H and O–H groups in total. The second-order valence-corrected chi connectivity index (χ2v) is 6.19. The Bertz CT molecular complexity index is 841. The van der Waals surface area contributed by atoms with E-state index in [9.17, 15) is 4.79 Å². The van der Waals surface area contributed by atoms with E-state index in [-0.39, 0.29) is 12.1 Å². The van der Waals surface area contributed by atoms with Crippen molar-refractivity contribution in [3.63, 3.8) is 0 Å². The Morgan fingerprint density at radius 1 is 0.731 bits per heavy atom. The largest absolute Gasteiger partial charge is 0.459 e. The van der Waals surface area contributed by atoms with Gasteiger partial charge in [0.05, 0.1) is 23.1 Å².